The van der Waals surface area contributed by atoms with Crippen LogP contribution in [0.1, 0.15) is 12.5 Å². The van der Waals surface area contributed by atoms with Gasteiger partial charge in [0.15, 0.2) is 6.10 Å². The number of rotatable bonds is 3. The molecule has 0 bridgehead atoms. The number of hydrogen-bond acceptors (Lipinski definition) is 3. The number of carbonyl (C=O) groups is 2. The summed E-state index contributed by atoms with van der Waals surface area (Å²) < 4.78 is 44.6. The average molecular weight is 364 g/mol. The zero-order chi connectivity index (χ0) is 18.9. The van der Waals surface area contributed by atoms with Crippen LogP contribution in [0.2, 0.25) is 0 Å². The molecule has 1 aliphatic heterocycles. The number of fused-ring (bicyclic) bond motifs is 1. The van der Waals surface area contributed by atoms with Crippen LogP contribution in [0.25, 0.3) is 0 Å². The number of nitrogens with one attached hydrogen (secondary N) is 1. The Bertz CT molecular complexity index is 852. The molecule has 8 heteroatoms. The minimum absolute atomic E-state index is 0.355. The first-order valence-corrected chi connectivity index (χ1v) is 7.80. The standard InChI is InChI=1S/C18H15F3N2O3/c1-11-17(25)23(14-8-4-5-9-15(14)26-11)10-16(24)22-13-7-3-2-6-12(13)18(19,20)21/h2-9,11H,10H2,1H3,(H,22,24). The van der Waals surface area contributed by atoms with Crippen molar-refractivity contribution < 1.29 is 27.5 Å². The quantitative estimate of drug-likeness (QED) is 0.908. The van der Waals surface area contributed by atoms with Crippen molar-refractivity contribution in [3.05, 3.63) is 54.1 Å². The molecule has 0 saturated carbocycles. The minimum atomic E-state index is -4.60. The van der Waals surface area contributed by atoms with Gasteiger partial charge in [-0.25, -0.2) is 0 Å². The number of carbonyl (C=O) groups excluding carboxylic acids is 2. The Morgan fingerprint density at radius 1 is 1.15 bits per heavy atom. The second-order valence-electron chi connectivity index (χ2n) is 5.74. The number of para-hydroxylation sites is 3. The highest BCUT2D eigenvalue weighted by Gasteiger charge is 2.35. The summed E-state index contributed by atoms with van der Waals surface area (Å²) in [6.07, 6.45) is -5.39. The molecule has 2 aromatic rings. The lowest BCUT2D eigenvalue weighted by atomic mass is 10.1. The number of alkyl halides is 3. The lowest BCUT2D eigenvalue weighted by Crippen LogP contribution is -2.47. The number of amides is 2. The summed E-state index contributed by atoms with van der Waals surface area (Å²) in [5, 5.41) is 2.24. The summed E-state index contributed by atoms with van der Waals surface area (Å²) in [5.41, 5.74) is -0.905. The van der Waals surface area contributed by atoms with Gasteiger partial charge < -0.3 is 10.1 Å². The SMILES string of the molecule is CC1Oc2ccccc2N(CC(=O)Nc2ccccc2C(F)(F)F)C1=O. The van der Waals surface area contributed by atoms with E-state index in [1.165, 1.54) is 23.1 Å². The van der Waals surface area contributed by atoms with Crippen LogP contribution in [0, 0.1) is 0 Å². The van der Waals surface area contributed by atoms with Gasteiger partial charge in [0.05, 0.1) is 16.9 Å². The predicted molar refractivity (Wildman–Crippen MR) is 89.0 cm³/mol. The Balaban J connectivity index is 1.82. The van der Waals surface area contributed by atoms with Crippen molar-refractivity contribution in [2.24, 2.45) is 0 Å². The normalized spacial score (nSPS) is 16.7. The maximum Gasteiger partial charge on any atom is 0.418 e. The molecule has 136 valence electrons. The molecule has 1 N–H and O–H groups in total. The largest absolute Gasteiger partial charge is 0.479 e. The smallest absolute Gasteiger partial charge is 0.418 e. The summed E-state index contributed by atoms with van der Waals surface area (Å²) in [6.45, 7) is 1.12. The van der Waals surface area contributed by atoms with Crippen molar-refractivity contribution >= 4 is 23.2 Å². The zero-order valence-electron chi connectivity index (χ0n) is 13.7. The van der Waals surface area contributed by atoms with Gasteiger partial charge in [0.25, 0.3) is 5.91 Å². The maximum absolute atomic E-state index is 13.0. The molecule has 0 saturated heterocycles. The second kappa shape index (κ2) is 6.70. The van der Waals surface area contributed by atoms with E-state index in [-0.39, 0.29) is 5.69 Å². The van der Waals surface area contributed by atoms with Gasteiger partial charge in [0.2, 0.25) is 5.91 Å². The molecule has 1 unspecified atom stereocenters. The van der Waals surface area contributed by atoms with E-state index >= 15 is 0 Å². The molecular weight excluding hydrogens is 349 g/mol. The van der Waals surface area contributed by atoms with Crippen molar-refractivity contribution in [3.8, 4) is 5.75 Å². The first kappa shape index (κ1) is 17.8. The summed E-state index contributed by atoms with van der Waals surface area (Å²) >= 11 is 0. The van der Waals surface area contributed by atoms with E-state index in [1.54, 1.807) is 31.2 Å². The number of benzene rings is 2. The van der Waals surface area contributed by atoms with Crippen molar-refractivity contribution in [3.63, 3.8) is 0 Å². The third kappa shape index (κ3) is 3.49. The highest BCUT2D eigenvalue weighted by Crippen LogP contribution is 2.35. The molecule has 1 atom stereocenters. The third-order valence-electron chi connectivity index (χ3n) is 3.88. The molecule has 0 aliphatic carbocycles. The van der Waals surface area contributed by atoms with Crippen molar-refractivity contribution in [2.45, 2.75) is 19.2 Å². The van der Waals surface area contributed by atoms with E-state index in [2.05, 4.69) is 5.32 Å². The maximum atomic E-state index is 13.0. The number of anilines is 2. The van der Waals surface area contributed by atoms with Crippen molar-refractivity contribution in [1.29, 1.82) is 0 Å². The molecule has 0 aromatic heterocycles. The van der Waals surface area contributed by atoms with Crippen molar-refractivity contribution in [1.82, 2.24) is 0 Å². The topological polar surface area (TPSA) is 58.6 Å². The minimum Gasteiger partial charge on any atom is -0.479 e. The molecule has 1 heterocycles. The molecule has 1 aliphatic rings. The Morgan fingerprint density at radius 3 is 2.54 bits per heavy atom. The van der Waals surface area contributed by atoms with Crippen molar-refractivity contribution in [2.75, 3.05) is 16.8 Å². The van der Waals surface area contributed by atoms with Crippen LogP contribution in [-0.2, 0) is 15.8 Å². The second-order valence-corrected chi connectivity index (χ2v) is 5.74. The average Bonchev–Trinajstić information content (AvgIpc) is 2.58. The van der Waals surface area contributed by atoms with Gasteiger partial charge >= 0.3 is 6.18 Å². The van der Waals surface area contributed by atoms with Crippen LogP contribution < -0.4 is 15.0 Å². The van der Waals surface area contributed by atoms with Gasteiger partial charge in [-0.15, -0.1) is 0 Å². The van der Waals surface area contributed by atoms with Gasteiger partial charge in [-0.05, 0) is 31.2 Å². The van der Waals surface area contributed by atoms with Gasteiger partial charge in [-0.2, -0.15) is 13.2 Å². The van der Waals surface area contributed by atoms with Crippen LogP contribution in [0.4, 0.5) is 24.5 Å². The summed E-state index contributed by atoms with van der Waals surface area (Å²) in [6, 6.07) is 11.3. The molecule has 5 nitrogen and oxygen atoms in total. The highest BCUT2D eigenvalue weighted by molar-refractivity contribution is 6.06. The summed E-state index contributed by atoms with van der Waals surface area (Å²) in [4.78, 5) is 25.9. The highest BCUT2D eigenvalue weighted by atomic mass is 19.4. The number of hydrogen-bond donors (Lipinski definition) is 1. The predicted octanol–water partition coefficient (Wildman–Crippen LogP) is 3.46. The molecule has 2 amide bonds. The van der Waals surface area contributed by atoms with E-state index in [4.69, 9.17) is 4.74 Å². The van der Waals surface area contributed by atoms with E-state index in [0.717, 1.165) is 6.07 Å². The Morgan fingerprint density at radius 2 is 1.81 bits per heavy atom. The van der Waals surface area contributed by atoms with E-state index in [0.29, 0.717) is 11.4 Å². The van der Waals surface area contributed by atoms with Gasteiger partial charge in [0.1, 0.15) is 12.3 Å². The third-order valence-corrected chi connectivity index (χ3v) is 3.88. The summed E-state index contributed by atoms with van der Waals surface area (Å²) in [7, 11) is 0. The van der Waals surface area contributed by atoms with Gasteiger partial charge in [0, 0.05) is 0 Å². The fraction of sp³-hybridized carbons (Fsp3) is 0.222. The first-order valence-electron chi connectivity index (χ1n) is 7.80. The summed E-state index contributed by atoms with van der Waals surface area (Å²) in [5.74, 6) is -0.745. The lowest BCUT2D eigenvalue weighted by molar-refractivity contribution is -0.137. The molecule has 26 heavy (non-hydrogen) atoms. The van der Waals surface area contributed by atoms with E-state index in [9.17, 15) is 22.8 Å². The molecule has 0 spiro atoms. The van der Waals surface area contributed by atoms with E-state index in [1.807, 2.05) is 0 Å². The molecule has 0 radical (unpaired) electrons. The van der Waals surface area contributed by atoms with Gasteiger partial charge in [-0.3, -0.25) is 14.5 Å². The van der Waals surface area contributed by atoms with E-state index < -0.39 is 36.2 Å². The molecule has 3 rings (SSSR count). The van der Waals surface area contributed by atoms with Crippen LogP contribution in [0.3, 0.4) is 0 Å². The molecule has 2 aromatic carbocycles. The fourth-order valence-corrected chi connectivity index (χ4v) is 2.69. The van der Waals surface area contributed by atoms with Crippen LogP contribution in [-0.4, -0.2) is 24.5 Å². The Kier molecular flexibility index (Phi) is 4.58. The zero-order valence-corrected chi connectivity index (χ0v) is 13.7. The number of nitrogens with zero attached hydrogens (tertiary/aromatic N) is 1. The number of ether oxygens (including phenoxy) is 1. The van der Waals surface area contributed by atoms with Crippen LogP contribution in [0.15, 0.2) is 48.5 Å². The fourth-order valence-electron chi connectivity index (χ4n) is 2.69. The molecule has 0 fully saturated rings. The van der Waals surface area contributed by atoms with Crippen LogP contribution in [0.5, 0.6) is 5.75 Å². The Labute approximate surface area is 147 Å². The lowest BCUT2D eigenvalue weighted by Gasteiger charge is -2.32. The van der Waals surface area contributed by atoms with Crippen LogP contribution >= 0.6 is 0 Å². The monoisotopic (exact) mass is 364 g/mol. The first-order chi connectivity index (χ1) is 12.3. The number of halogens is 3. The van der Waals surface area contributed by atoms with Gasteiger partial charge in [-0.1, -0.05) is 24.3 Å². The molecular formula is C18H15F3N2O3. The Hall–Kier alpha value is -3.03.